The average molecular weight is 336 g/mol. The highest BCUT2D eigenvalue weighted by atomic mass is 79.9. The summed E-state index contributed by atoms with van der Waals surface area (Å²) in [7, 11) is -3.35. The Balaban J connectivity index is 2.00. The van der Waals surface area contributed by atoms with Gasteiger partial charge in [-0.1, -0.05) is 15.9 Å². The van der Waals surface area contributed by atoms with Gasteiger partial charge in [0.15, 0.2) is 0 Å². The maximum Gasteiger partial charge on any atom is 0.240 e. The lowest BCUT2D eigenvalue weighted by molar-refractivity contribution is 0.579. The topological polar surface area (TPSA) is 46.2 Å². The number of nitrogens with one attached hydrogen (secondary N) is 1. The first-order valence-electron chi connectivity index (χ1n) is 5.45. The third-order valence-electron chi connectivity index (χ3n) is 2.65. The standard InChI is InChI=1S/C11H14BrNO2S2/c12-9-3-5-11(6-4-9)17(14,15)13-8-10-2-1-7-16-10/h3-6,10,13H,1-2,7-8H2. The molecule has 2 rings (SSSR count). The molecule has 0 bridgehead atoms. The van der Waals surface area contributed by atoms with Gasteiger partial charge < -0.3 is 0 Å². The number of sulfonamides is 1. The summed E-state index contributed by atoms with van der Waals surface area (Å²) in [6, 6.07) is 6.68. The highest BCUT2D eigenvalue weighted by molar-refractivity contribution is 9.10. The average Bonchev–Trinajstić information content (AvgIpc) is 2.80. The van der Waals surface area contributed by atoms with Gasteiger partial charge in [0.1, 0.15) is 0 Å². The third kappa shape index (κ3) is 3.71. The minimum Gasteiger partial charge on any atom is -0.210 e. The van der Waals surface area contributed by atoms with Crippen LogP contribution < -0.4 is 4.72 Å². The minimum atomic E-state index is -3.35. The number of benzene rings is 1. The summed E-state index contributed by atoms with van der Waals surface area (Å²) < 4.78 is 27.5. The van der Waals surface area contributed by atoms with E-state index >= 15 is 0 Å². The second kappa shape index (κ2) is 5.73. The van der Waals surface area contributed by atoms with Crippen LogP contribution in [-0.2, 0) is 10.0 Å². The summed E-state index contributed by atoms with van der Waals surface area (Å²) in [5, 5.41) is 0.431. The van der Waals surface area contributed by atoms with Crippen LogP contribution in [0, 0.1) is 0 Å². The van der Waals surface area contributed by atoms with Crippen LogP contribution >= 0.6 is 27.7 Å². The second-order valence-electron chi connectivity index (χ2n) is 3.94. The maximum absolute atomic E-state index is 12.0. The summed E-state index contributed by atoms with van der Waals surface area (Å²) in [6.07, 6.45) is 2.29. The SMILES string of the molecule is O=S(=O)(NCC1CCCS1)c1ccc(Br)cc1. The molecule has 17 heavy (non-hydrogen) atoms. The molecule has 0 saturated carbocycles. The molecule has 1 aromatic rings. The molecule has 3 nitrogen and oxygen atoms in total. The molecule has 6 heteroatoms. The van der Waals surface area contributed by atoms with Crippen LogP contribution in [0.1, 0.15) is 12.8 Å². The summed E-state index contributed by atoms with van der Waals surface area (Å²) in [6.45, 7) is 0.531. The molecule has 1 N–H and O–H groups in total. The van der Waals surface area contributed by atoms with E-state index in [0.29, 0.717) is 16.7 Å². The highest BCUT2D eigenvalue weighted by Gasteiger charge is 2.19. The van der Waals surface area contributed by atoms with Gasteiger partial charge in [0.2, 0.25) is 10.0 Å². The Morgan fingerprint density at radius 3 is 2.65 bits per heavy atom. The van der Waals surface area contributed by atoms with Crippen molar-refractivity contribution in [2.75, 3.05) is 12.3 Å². The molecule has 1 unspecified atom stereocenters. The van der Waals surface area contributed by atoms with E-state index in [2.05, 4.69) is 20.7 Å². The molecule has 1 heterocycles. The Morgan fingerprint density at radius 1 is 1.35 bits per heavy atom. The fourth-order valence-electron chi connectivity index (χ4n) is 1.71. The van der Waals surface area contributed by atoms with Crippen LogP contribution in [0.2, 0.25) is 0 Å². The predicted octanol–water partition coefficient (Wildman–Crippen LogP) is 2.62. The quantitative estimate of drug-likeness (QED) is 0.919. The molecule has 1 atom stereocenters. The molecule has 0 aromatic heterocycles. The van der Waals surface area contributed by atoms with E-state index in [9.17, 15) is 8.42 Å². The monoisotopic (exact) mass is 335 g/mol. The lowest BCUT2D eigenvalue weighted by atomic mass is 10.2. The first-order valence-corrected chi connectivity index (χ1v) is 8.77. The van der Waals surface area contributed by atoms with Gasteiger partial charge in [0.05, 0.1) is 4.90 Å². The Labute approximate surface area is 115 Å². The van der Waals surface area contributed by atoms with E-state index in [0.717, 1.165) is 16.6 Å². The van der Waals surface area contributed by atoms with E-state index in [1.807, 2.05) is 11.8 Å². The van der Waals surface area contributed by atoms with Crippen LogP contribution in [0.4, 0.5) is 0 Å². The Morgan fingerprint density at radius 2 is 2.06 bits per heavy atom. The van der Waals surface area contributed by atoms with Crippen molar-refractivity contribution in [1.82, 2.24) is 4.72 Å². The van der Waals surface area contributed by atoms with Gasteiger partial charge in [0.25, 0.3) is 0 Å². The van der Waals surface area contributed by atoms with Crippen molar-refractivity contribution >= 4 is 37.7 Å². The zero-order chi connectivity index (χ0) is 12.3. The third-order valence-corrected chi connectivity index (χ3v) is 6.02. The first kappa shape index (κ1) is 13.4. The van der Waals surface area contributed by atoms with Gasteiger partial charge in [0, 0.05) is 16.3 Å². The van der Waals surface area contributed by atoms with Crippen molar-refractivity contribution in [2.45, 2.75) is 23.0 Å². The van der Waals surface area contributed by atoms with E-state index in [1.165, 1.54) is 6.42 Å². The fourth-order valence-corrected chi connectivity index (χ4v) is 4.36. The molecule has 0 aliphatic carbocycles. The molecule has 1 aromatic carbocycles. The van der Waals surface area contributed by atoms with Crippen molar-refractivity contribution < 1.29 is 8.42 Å². The number of hydrogen-bond acceptors (Lipinski definition) is 3. The summed E-state index contributed by atoms with van der Waals surface area (Å²) >= 11 is 5.13. The summed E-state index contributed by atoms with van der Waals surface area (Å²) in [5.41, 5.74) is 0. The van der Waals surface area contributed by atoms with E-state index < -0.39 is 10.0 Å². The van der Waals surface area contributed by atoms with Gasteiger partial charge in [-0.3, -0.25) is 0 Å². The van der Waals surface area contributed by atoms with Gasteiger partial charge in [-0.25, -0.2) is 13.1 Å². The number of thioether (sulfide) groups is 1. The molecule has 94 valence electrons. The zero-order valence-electron chi connectivity index (χ0n) is 9.23. The van der Waals surface area contributed by atoms with Crippen LogP contribution in [0.3, 0.4) is 0 Å². The molecule has 0 radical (unpaired) electrons. The number of hydrogen-bond donors (Lipinski definition) is 1. The van der Waals surface area contributed by atoms with Crippen molar-refractivity contribution in [3.05, 3.63) is 28.7 Å². The Kier molecular flexibility index (Phi) is 4.52. The van der Waals surface area contributed by atoms with E-state index in [-0.39, 0.29) is 0 Å². The normalized spacial score (nSPS) is 20.6. The first-order chi connectivity index (χ1) is 8.08. The fraction of sp³-hybridized carbons (Fsp3) is 0.455. The molecular formula is C11H14BrNO2S2. The Bertz CT molecular complexity index is 467. The van der Waals surface area contributed by atoms with Crippen molar-refractivity contribution in [1.29, 1.82) is 0 Å². The van der Waals surface area contributed by atoms with Crippen LogP contribution in [-0.4, -0.2) is 26.0 Å². The smallest absolute Gasteiger partial charge is 0.210 e. The molecule has 0 spiro atoms. The molecule has 0 amide bonds. The van der Waals surface area contributed by atoms with Gasteiger partial charge >= 0.3 is 0 Å². The van der Waals surface area contributed by atoms with Crippen LogP contribution in [0.15, 0.2) is 33.6 Å². The van der Waals surface area contributed by atoms with Crippen molar-refractivity contribution in [2.24, 2.45) is 0 Å². The number of halogens is 1. The highest BCUT2D eigenvalue weighted by Crippen LogP contribution is 2.25. The van der Waals surface area contributed by atoms with Crippen molar-refractivity contribution in [3.63, 3.8) is 0 Å². The molecule has 1 saturated heterocycles. The minimum absolute atomic E-state index is 0.323. The van der Waals surface area contributed by atoms with Crippen LogP contribution in [0.5, 0.6) is 0 Å². The summed E-state index contributed by atoms with van der Waals surface area (Å²) in [5.74, 6) is 1.14. The molecule has 1 aliphatic heterocycles. The number of rotatable bonds is 4. The van der Waals surface area contributed by atoms with Crippen molar-refractivity contribution in [3.8, 4) is 0 Å². The molecular weight excluding hydrogens is 322 g/mol. The van der Waals surface area contributed by atoms with Gasteiger partial charge in [-0.15, -0.1) is 0 Å². The molecule has 1 fully saturated rings. The van der Waals surface area contributed by atoms with E-state index in [1.54, 1.807) is 24.3 Å². The maximum atomic E-state index is 12.0. The lowest BCUT2D eigenvalue weighted by Gasteiger charge is -2.10. The Hall–Kier alpha value is -0.0400. The predicted molar refractivity (Wildman–Crippen MR) is 74.8 cm³/mol. The van der Waals surface area contributed by atoms with Crippen LogP contribution in [0.25, 0.3) is 0 Å². The summed E-state index contributed by atoms with van der Waals surface area (Å²) in [4.78, 5) is 0.323. The van der Waals surface area contributed by atoms with E-state index in [4.69, 9.17) is 0 Å². The van der Waals surface area contributed by atoms with Gasteiger partial charge in [-0.2, -0.15) is 11.8 Å². The van der Waals surface area contributed by atoms with Gasteiger partial charge in [-0.05, 0) is 42.9 Å². The largest absolute Gasteiger partial charge is 0.240 e. The molecule has 1 aliphatic rings. The zero-order valence-corrected chi connectivity index (χ0v) is 12.4. The lowest BCUT2D eigenvalue weighted by Crippen LogP contribution is -2.29. The second-order valence-corrected chi connectivity index (χ2v) is 8.03.